The first-order valence-electron chi connectivity index (χ1n) is 11.0. The SMILES string of the molecule is CCC(OCC(O)CNC(C)(C)Cc1ccc2ccccc2c1)c1cccc(C)c1. The van der Waals surface area contributed by atoms with E-state index in [1.807, 2.05) is 0 Å². The Bertz CT molecular complexity index is 950. The first-order chi connectivity index (χ1) is 14.4. The lowest BCUT2D eigenvalue weighted by atomic mass is 9.93. The summed E-state index contributed by atoms with van der Waals surface area (Å²) in [5.41, 5.74) is 3.58. The minimum absolute atomic E-state index is 0.0187. The molecule has 0 bridgehead atoms. The predicted molar refractivity (Wildman–Crippen MR) is 126 cm³/mol. The molecule has 30 heavy (non-hydrogen) atoms. The molecule has 0 aliphatic heterocycles. The minimum atomic E-state index is -0.542. The molecule has 3 nitrogen and oxygen atoms in total. The van der Waals surface area contributed by atoms with Crippen LogP contribution in [-0.4, -0.2) is 29.9 Å². The van der Waals surface area contributed by atoms with E-state index in [2.05, 4.69) is 99.7 Å². The lowest BCUT2D eigenvalue weighted by Gasteiger charge is -2.28. The third-order valence-electron chi connectivity index (χ3n) is 5.55. The lowest BCUT2D eigenvalue weighted by molar-refractivity contribution is -0.0133. The van der Waals surface area contributed by atoms with Gasteiger partial charge in [-0.3, -0.25) is 0 Å². The first kappa shape index (κ1) is 22.5. The lowest BCUT2D eigenvalue weighted by Crippen LogP contribution is -2.46. The van der Waals surface area contributed by atoms with Crippen molar-refractivity contribution < 1.29 is 9.84 Å². The molecular formula is C27H35NO2. The van der Waals surface area contributed by atoms with Crippen molar-refractivity contribution in [2.75, 3.05) is 13.2 Å². The second kappa shape index (κ2) is 10.2. The van der Waals surface area contributed by atoms with Gasteiger partial charge in [0.15, 0.2) is 0 Å². The Labute approximate surface area is 181 Å². The zero-order chi connectivity index (χ0) is 21.6. The summed E-state index contributed by atoms with van der Waals surface area (Å²) in [5, 5.41) is 16.5. The van der Waals surface area contributed by atoms with Gasteiger partial charge in [-0.1, -0.05) is 79.2 Å². The average Bonchev–Trinajstić information content (AvgIpc) is 2.72. The Morgan fingerprint density at radius 2 is 1.73 bits per heavy atom. The van der Waals surface area contributed by atoms with Crippen LogP contribution in [0.3, 0.4) is 0 Å². The molecule has 0 aliphatic rings. The topological polar surface area (TPSA) is 41.5 Å². The number of aliphatic hydroxyl groups is 1. The maximum atomic E-state index is 10.5. The highest BCUT2D eigenvalue weighted by Gasteiger charge is 2.20. The van der Waals surface area contributed by atoms with Crippen LogP contribution in [0.5, 0.6) is 0 Å². The summed E-state index contributed by atoms with van der Waals surface area (Å²) in [5.74, 6) is 0. The summed E-state index contributed by atoms with van der Waals surface area (Å²) in [6.07, 6.45) is 1.26. The zero-order valence-corrected chi connectivity index (χ0v) is 18.7. The highest BCUT2D eigenvalue weighted by Crippen LogP contribution is 2.22. The highest BCUT2D eigenvalue weighted by molar-refractivity contribution is 5.83. The number of fused-ring (bicyclic) bond motifs is 1. The molecule has 0 heterocycles. The molecular weight excluding hydrogens is 370 g/mol. The zero-order valence-electron chi connectivity index (χ0n) is 18.7. The van der Waals surface area contributed by atoms with Crippen LogP contribution >= 0.6 is 0 Å². The molecule has 0 radical (unpaired) electrons. The van der Waals surface area contributed by atoms with Crippen LogP contribution in [0.2, 0.25) is 0 Å². The fraction of sp³-hybridized carbons (Fsp3) is 0.407. The molecule has 0 saturated carbocycles. The molecule has 0 aliphatic carbocycles. The van der Waals surface area contributed by atoms with Gasteiger partial charge in [0.1, 0.15) is 0 Å². The van der Waals surface area contributed by atoms with Crippen LogP contribution in [0.15, 0.2) is 66.7 Å². The fourth-order valence-corrected chi connectivity index (χ4v) is 3.92. The minimum Gasteiger partial charge on any atom is -0.389 e. The number of ether oxygens (including phenoxy) is 1. The summed E-state index contributed by atoms with van der Waals surface area (Å²) in [6, 6.07) is 23.5. The van der Waals surface area contributed by atoms with Crippen molar-refractivity contribution >= 4 is 10.8 Å². The molecule has 0 spiro atoms. The van der Waals surface area contributed by atoms with E-state index < -0.39 is 6.10 Å². The van der Waals surface area contributed by atoms with Crippen LogP contribution in [0.4, 0.5) is 0 Å². The average molecular weight is 406 g/mol. The van der Waals surface area contributed by atoms with Crippen molar-refractivity contribution in [2.24, 2.45) is 0 Å². The normalized spacial score (nSPS) is 14.0. The largest absolute Gasteiger partial charge is 0.389 e. The summed E-state index contributed by atoms with van der Waals surface area (Å²) < 4.78 is 6.04. The number of benzene rings is 3. The molecule has 0 amide bonds. The van der Waals surface area contributed by atoms with Gasteiger partial charge < -0.3 is 15.2 Å². The molecule has 3 heteroatoms. The van der Waals surface area contributed by atoms with Gasteiger partial charge in [-0.05, 0) is 55.5 Å². The Kier molecular flexibility index (Phi) is 7.65. The second-order valence-corrected chi connectivity index (χ2v) is 8.92. The van der Waals surface area contributed by atoms with Gasteiger partial charge in [-0.15, -0.1) is 0 Å². The van der Waals surface area contributed by atoms with E-state index in [1.165, 1.54) is 27.5 Å². The number of aliphatic hydroxyl groups excluding tert-OH is 1. The molecule has 160 valence electrons. The van der Waals surface area contributed by atoms with Gasteiger partial charge >= 0.3 is 0 Å². The summed E-state index contributed by atoms with van der Waals surface area (Å²) in [4.78, 5) is 0. The van der Waals surface area contributed by atoms with Crippen molar-refractivity contribution in [3.63, 3.8) is 0 Å². The monoisotopic (exact) mass is 405 g/mol. The quantitative estimate of drug-likeness (QED) is 0.462. The Hall–Kier alpha value is -2.20. The van der Waals surface area contributed by atoms with Crippen molar-refractivity contribution in [2.45, 2.75) is 58.3 Å². The van der Waals surface area contributed by atoms with E-state index in [1.54, 1.807) is 0 Å². The van der Waals surface area contributed by atoms with Crippen LogP contribution in [-0.2, 0) is 11.2 Å². The van der Waals surface area contributed by atoms with E-state index in [9.17, 15) is 5.11 Å². The van der Waals surface area contributed by atoms with E-state index in [4.69, 9.17) is 4.74 Å². The Morgan fingerprint density at radius 3 is 2.47 bits per heavy atom. The number of aryl methyl sites for hydroxylation is 1. The van der Waals surface area contributed by atoms with Crippen molar-refractivity contribution in [1.29, 1.82) is 0 Å². The van der Waals surface area contributed by atoms with Gasteiger partial charge in [-0.2, -0.15) is 0 Å². The van der Waals surface area contributed by atoms with Gasteiger partial charge in [0.25, 0.3) is 0 Å². The molecule has 0 saturated heterocycles. The second-order valence-electron chi connectivity index (χ2n) is 8.92. The number of hydrogen-bond acceptors (Lipinski definition) is 3. The summed E-state index contributed by atoms with van der Waals surface area (Å²) in [6.45, 7) is 9.39. The molecule has 2 unspecified atom stereocenters. The molecule has 0 fully saturated rings. The van der Waals surface area contributed by atoms with Crippen LogP contribution in [0.1, 0.15) is 50.0 Å². The summed E-state index contributed by atoms with van der Waals surface area (Å²) >= 11 is 0. The molecule has 2 N–H and O–H groups in total. The van der Waals surface area contributed by atoms with Crippen molar-refractivity contribution in [3.8, 4) is 0 Å². The standard InChI is InChI=1S/C27H35NO2/c1-5-26(24-12-8-9-20(2)15-24)30-19-25(29)18-28-27(3,4)17-21-13-14-22-10-6-7-11-23(22)16-21/h6-16,25-26,28-29H,5,17-19H2,1-4H3. The Morgan fingerprint density at radius 1 is 0.967 bits per heavy atom. The Balaban J connectivity index is 1.50. The van der Waals surface area contributed by atoms with Gasteiger partial charge in [0.05, 0.1) is 18.8 Å². The number of hydrogen-bond donors (Lipinski definition) is 2. The molecule has 3 aromatic carbocycles. The van der Waals surface area contributed by atoms with Crippen LogP contribution in [0, 0.1) is 6.92 Å². The first-order valence-corrected chi connectivity index (χ1v) is 11.0. The van der Waals surface area contributed by atoms with Crippen molar-refractivity contribution in [1.82, 2.24) is 5.32 Å². The van der Waals surface area contributed by atoms with E-state index >= 15 is 0 Å². The van der Waals surface area contributed by atoms with E-state index in [-0.39, 0.29) is 11.6 Å². The third kappa shape index (κ3) is 6.40. The highest BCUT2D eigenvalue weighted by atomic mass is 16.5. The maximum absolute atomic E-state index is 10.5. The van der Waals surface area contributed by atoms with E-state index in [0.717, 1.165) is 12.8 Å². The smallest absolute Gasteiger partial charge is 0.0898 e. The number of β-amino-alcohol motifs (C(OH)–C–C–N with tert-alkyl or cyclic N) is 1. The molecule has 3 rings (SSSR count). The van der Waals surface area contributed by atoms with Crippen LogP contribution in [0.25, 0.3) is 10.8 Å². The van der Waals surface area contributed by atoms with Gasteiger partial charge in [-0.25, -0.2) is 0 Å². The van der Waals surface area contributed by atoms with Crippen molar-refractivity contribution in [3.05, 3.63) is 83.4 Å². The van der Waals surface area contributed by atoms with E-state index in [0.29, 0.717) is 13.2 Å². The molecule has 3 aromatic rings. The molecule has 0 aromatic heterocycles. The number of rotatable bonds is 10. The fourth-order valence-electron chi connectivity index (χ4n) is 3.92. The third-order valence-corrected chi connectivity index (χ3v) is 5.55. The maximum Gasteiger partial charge on any atom is 0.0898 e. The molecule has 2 atom stereocenters. The predicted octanol–water partition coefficient (Wildman–Crippen LogP) is 5.59. The van der Waals surface area contributed by atoms with Gasteiger partial charge in [0.2, 0.25) is 0 Å². The van der Waals surface area contributed by atoms with Gasteiger partial charge in [0, 0.05) is 12.1 Å². The van der Waals surface area contributed by atoms with Crippen LogP contribution < -0.4 is 5.32 Å². The summed E-state index contributed by atoms with van der Waals surface area (Å²) in [7, 11) is 0. The number of nitrogens with one attached hydrogen (secondary N) is 1.